The number of aromatic carboxylic acids is 1. The van der Waals surface area contributed by atoms with E-state index in [2.05, 4.69) is 0 Å². The molecule has 1 heterocycles. The van der Waals surface area contributed by atoms with Crippen LogP contribution in [0, 0.1) is 0 Å². The second kappa shape index (κ2) is 5.05. The van der Waals surface area contributed by atoms with E-state index < -0.39 is 5.97 Å². The molecule has 1 aromatic rings. The number of hydrogen-bond donors (Lipinski definition) is 2. The lowest BCUT2D eigenvalue weighted by atomic mass is 10.2. The summed E-state index contributed by atoms with van der Waals surface area (Å²) >= 11 is 0. The van der Waals surface area contributed by atoms with Crippen LogP contribution < -0.4 is 10.5 Å². The van der Waals surface area contributed by atoms with Crippen LogP contribution in [0.15, 0.2) is 18.2 Å². The van der Waals surface area contributed by atoms with Crippen molar-refractivity contribution in [3.8, 4) is 5.75 Å². The van der Waals surface area contributed by atoms with E-state index in [9.17, 15) is 4.79 Å². The van der Waals surface area contributed by atoms with Gasteiger partial charge in [0.1, 0.15) is 12.4 Å². The van der Waals surface area contributed by atoms with Crippen LogP contribution in [0.3, 0.4) is 0 Å². The van der Waals surface area contributed by atoms with E-state index in [4.69, 9.17) is 20.3 Å². The predicted molar refractivity (Wildman–Crippen MR) is 62.3 cm³/mol. The van der Waals surface area contributed by atoms with Crippen LogP contribution in [-0.2, 0) is 4.74 Å². The van der Waals surface area contributed by atoms with E-state index in [-0.39, 0.29) is 11.7 Å². The molecule has 1 aromatic carbocycles. The Hall–Kier alpha value is -1.75. The Morgan fingerprint density at radius 1 is 1.59 bits per heavy atom. The summed E-state index contributed by atoms with van der Waals surface area (Å²) < 4.78 is 10.9. The highest BCUT2D eigenvalue weighted by Gasteiger charge is 2.16. The SMILES string of the molecule is Nc1cc(C(=O)O)ccc1OCC1CCCO1. The van der Waals surface area contributed by atoms with Crippen molar-refractivity contribution in [2.24, 2.45) is 0 Å². The van der Waals surface area contributed by atoms with Crippen molar-refractivity contribution in [3.05, 3.63) is 23.8 Å². The molecule has 3 N–H and O–H groups in total. The van der Waals surface area contributed by atoms with Crippen molar-refractivity contribution < 1.29 is 19.4 Å². The van der Waals surface area contributed by atoms with Crippen molar-refractivity contribution in [3.63, 3.8) is 0 Å². The minimum Gasteiger partial charge on any atom is -0.489 e. The molecule has 1 aliphatic heterocycles. The molecule has 0 amide bonds. The van der Waals surface area contributed by atoms with Gasteiger partial charge < -0.3 is 20.3 Å². The minimum atomic E-state index is -0.998. The van der Waals surface area contributed by atoms with Gasteiger partial charge in [-0.3, -0.25) is 0 Å². The first-order chi connectivity index (χ1) is 8.16. The summed E-state index contributed by atoms with van der Waals surface area (Å²) in [7, 11) is 0. The van der Waals surface area contributed by atoms with Gasteiger partial charge in [0.05, 0.1) is 17.4 Å². The topological polar surface area (TPSA) is 81.8 Å². The highest BCUT2D eigenvalue weighted by Crippen LogP contribution is 2.23. The summed E-state index contributed by atoms with van der Waals surface area (Å²) in [5.41, 5.74) is 6.21. The predicted octanol–water partition coefficient (Wildman–Crippen LogP) is 1.52. The molecule has 1 fully saturated rings. The Kier molecular flexibility index (Phi) is 3.49. The van der Waals surface area contributed by atoms with Crippen LogP contribution in [0.4, 0.5) is 5.69 Å². The lowest BCUT2D eigenvalue weighted by molar-refractivity contribution is 0.0677. The molecule has 0 spiro atoms. The van der Waals surface area contributed by atoms with Gasteiger partial charge in [-0.05, 0) is 31.0 Å². The van der Waals surface area contributed by atoms with Gasteiger partial charge in [0.2, 0.25) is 0 Å². The van der Waals surface area contributed by atoms with Gasteiger partial charge in [0.25, 0.3) is 0 Å². The number of rotatable bonds is 4. The highest BCUT2D eigenvalue weighted by molar-refractivity contribution is 5.89. The lowest BCUT2D eigenvalue weighted by Gasteiger charge is -2.13. The van der Waals surface area contributed by atoms with Crippen molar-refractivity contribution in [1.29, 1.82) is 0 Å². The third-order valence-corrected chi connectivity index (χ3v) is 2.71. The molecule has 0 aliphatic carbocycles. The number of anilines is 1. The zero-order valence-corrected chi connectivity index (χ0v) is 9.39. The van der Waals surface area contributed by atoms with Crippen LogP contribution in [0.25, 0.3) is 0 Å². The first-order valence-electron chi connectivity index (χ1n) is 5.54. The third kappa shape index (κ3) is 2.88. The molecule has 0 bridgehead atoms. The van der Waals surface area contributed by atoms with Gasteiger partial charge in [-0.1, -0.05) is 0 Å². The fourth-order valence-electron chi connectivity index (χ4n) is 1.77. The molecule has 0 aromatic heterocycles. The Morgan fingerprint density at radius 3 is 3.00 bits per heavy atom. The van der Waals surface area contributed by atoms with Crippen LogP contribution in [0.5, 0.6) is 5.75 Å². The molecule has 5 nitrogen and oxygen atoms in total. The second-order valence-electron chi connectivity index (χ2n) is 4.00. The Balaban J connectivity index is 1.98. The molecular weight excluding hydrogens is 222 g/mol. The van der Waals surface area contributed by atoms with Crippen LogP contribution >= 0.6 is 0 Å². The van der Waals surface area contributed by atoms with Gasteiger partial charge in [0.15, 0.2) is 0 Å². The third-order valence-electron chi connectivity index (χ3n) is 2.71. The Morgan fingerprint density at radius 2 is 2.41 bits per heavy atom. The van der Waals surface area contributed by atoms with Crippen molar-refractivity contribution >= 4 is 11.7 Å². The zero-order valence-electron chi connectivity index (χ0n) is 9.39. The van der Waals surface area contributed by atoms with E-state index in [1.54, 1.807) is 6.07 Å². The number of benzene rings is 1. The fraction of sp³-hybridized carbons (Fsp3) is 0.417. The lowest BCUT2D eigenvalue weighted by Crippen LogP contribution is -2.16. The van der Waals surface area contributed by atoms with E-state index >= 15 is 0 Å². The first-order valence-corrected chi connectivity index (χ1v) is 5.54. The summed E-state index contributed by atoms with van der Waals surface area (Å²) in [6.07, 6.45) is 2.17. The molecule has 0 radical (unpaired) electrons. The maximum absolute atomic E-state index is 10.7. The zero-order chi connectivity index (χ0) is 12.3. The summed E-state index contributed by atoms with van der Waals surface area (Å²) in [4.78, 5) is 10.7. The van der Waals surface area contributed by atoms with Crippen molar-refractivity contribution in [1.82, 2.24) is 0 Å². The monoisotopic (exact) mass is 237 g/mol. The largest absolute Gasteiger partial charge is 0.489 e. The Bertz CT molecular complexity index is 413. The van der Waals surface area contributed by atoms with E-state index in [1.807, 2.05) is 0 Å². The molecule has 1 atom stereocenters. The second-order valence-corrected chi connectivity index (χ2v) is 4.00. The normalized spacial score (nSPS) is 19.2. The van der Waals surface area contributed by atoms with Crippen LogP contribution in [0.2, 0.25) is 0 Å². The average Bonchev–Trinajstić information content (AvgIpc) is 2.80. The number of carboxylic acids is 1. The van der Waals surface area contributed by atoms with Crippen LogP contribution in [0.1, 0.15) is 23.2 Å². The van der Waals surface area contributed by atoms with E-state index in [0.29, 0.717) is 18.0 Å². The summed E-state index contributed by atoms with van der Waals surface area (Å²) in [5.74, 6) is -0.493. The van der Waals surface area contributed by atoms with Gasteiger partial charge in [-0.25, -0.2) is 4.79 Å². The maximum Gasteiger partial charge on any atom is 0.335 e. The van der Waals surface area contributed by atoms with E-state index in [0.717, 1.165) is 19.4 Å². The number of carboxylic acid groups (broad SMARTS) is 1. The van der Waals surface area contributed by atoms with Crippen molar-refractivity contribution in [2.75, 3.05) is 18.9 Å². The molecular formula is C12H15NO4. The Labute approximate surface area is 99.1 Å². The number of ether oxygens (including phenoxy) is 2. The number of carbonyl (C=O) groups is 1. The van der Waals surface area contributed by atoms with Gasteiger partial charge in [-0.2, -0.15) is 0 Å². The molecule has 0 saturated carbocycles. The first kappa shape index (κ1) is 11.7. The molecule has 5 heteroatoms. The van der Waals surface area contributed by atoms with Crippen molar-refractivity contribution in [2.45, 2.75) is 18.9 Å². The fourth-order valence-corrected chi connectivity index (χ4v) is 1.77. The standard InChI is InChI=1S/C12H15NO4/c13-10-6-8(12(14)15)3-4-11(10)17-7-9-2-1-5-16-9/h3-4,6,9H,1-2,5,7,13H2,(H,14,15). The summed E-state index contributed by atoms with van der Waals surface area (Å²) in [6, 6.07) is 4.45. The minimum absolute atomic E-state index is 0.119. The smallest absolute Gasteiger partial charge is 0.335 e. The molecule has 1 saturated heterocycles. The average molecular weight is 237 g/mol. The maximum atomic E-state index is 10.7. The molecule has 1 unspecified atom stereocenters. The number of nitrogens with two attached hydrogens (primary N) is 1. The molecule has 2 rings (SSSR count). The molecule has 17 heavy (non-hydrogen) atoms. The molecule has 92 valence electrons. The quantitative estimate of drug-likeness (QED) is 0.776. The number of hydrogen-bond acceptors (Lipinski definition) is 4. The van der Waals surface area contributed by atoms with Crippen LogP contribution in [-0.4, -0.2) is 30.4 Å². The van der Waals surface area contributed by atoms with E-state index in [1.165, 1.54) is 12.1 Å². The van der Waals surface area contributed by atoms with Gasteiger partial charge in [-0.15, -0.1) is 0 Å². The van der Waals surface area contributed by atoms with Gasteiger partial charge in [0, 0.05) is 6.61 Å². The molecule has 1 aliphatic rings. The summed E-state index contributed by atoms with van der Waals surface area (Å²) in [6.45, 7) is 1.23. The summed E-state index contributed by atoms with van der Waals surface area (Å²) in [5, 5.41) is 8.79. The van der Waals surface area contributed by atoms with Gasteiger partial charge >= 0.3 is 5.97 Å². The number of nitrogen functional groups attached to an aromatic ring is 1. The highest BCUT2D eigenvalue weighted by atomic mass is 16.5.